The molecule has 19 heteroatoms. The number of methoxy groups -OCH3 is 1. The minimum absolute atomic E-state index is 0.0949. The number of aryl methyl sites for hydroxylation is 2. The summed E-state index contributed by atoms with van der Waals surface area (Å²) in [5.74, 6) is 0.229. The van der Waals surface area contributed by atoms with Gasteiger partial charge in [0, 0.05) is 43.5 Å². The fraction of sp³-hybridized carbons (Fsp3) is 0.619. The van der Waals surface area contributed by atoms with E-state index in [9.17, 15) is 18.7 Å². The molecule has 0 saturated carbocycles. The van der Waals surface area contributed by atoms with Gasteiger partial charge in [-0.1, -0.05) is 12.2 Å². The smallest absolute Gasteiger partial charge is 0.351 e. The molecule has 0 bridgehead atoms. The van der Waals surface area contributed by atoms with E-state index in [0.717, 1.165) is 0 Å². The van der Waals surface area contributed by atoms with Crippen LogP contribution in [0.25, 0.3) is 0 Å². The first-order valence-corrected chi connectivity index (χ1v) is 16.0. The highest BCUT2D eigenvalue weighted by Gasteiger charge is 2.41. The van der Waals surface area contributed by atoms with Gasteiger partial charge in [-0.2, -0.15) is 9.97 Å². The van der Waals surface area contributed by atoms with Crippen molar-refractivity contribution >= 4 is 39.4 Å². The Morgan fingerprint density at radius 3 is 1.90 bits per heavy atom. The van der Waals surface area contributed by atoms with Crippen LogP contribution in [-0.4, -0.2) is 63.8 Å². The predicted molar refractivity (Wildman–Crippen MR) is 147 cm³/mol. The van der Waals surface area contributed by atoms with E-state index >= 15 is 0 Å². The lowest BCUT2D eigenvalue weighted by Gasteiger charge is -2.20. The Labute approximate surface area is 235 Å². The van der Waals surface area contributed by atoms with Gasteiger partial charge in [-0.15, -0.1) is 0 Å². The summed E-state index contributed by atoms with van der Waals surface area (Å²) >= 11 is 3.77. The van der Waals surface area contributed by atoms with Crippen LogP contribution in [0.15, 0.2) is 22.0 Å². The first kappa shape index (κ1) is 30.9. The molecule has 0 aromatic carbocycles. The molecule has 2 fully saturated rings. The van der Waals surface area contributed by atoms with Crippen LogP contribution in [0.3, 0.4) is 0 Å². The minimum Gasteiger partial charge on any atom is -0.383 e. The van der Waals surface area contributed by atoms with Gasteiger partial charge in [0.1, 0.15) is 36.3 Å². The van der Waals surface area contributed by atoms with E-state index in [1.54, 1.807) is 20.0 Å². The summed E-state index contributed by atoms with van der Waals surface area (Å²) < 4.78 is 60.4. The number of nitrogens with zero attached hydrogens (tertiary/aromatic N) is 4. The van der Waals surface area contributed by atoms with Gasteiger partial charge in [-0.3, -0.25) is 18.3 Å². The van der Waals surface area contributed by atoms with Crippen LogP contribution in [0.2, 0.25) is 0 Å². The number of ether oxygens (including phenoxy) is 3. The Morgan fingerprint density at radius 2 is 1.40 bits per heavy atom. The number of nitrogens with two attached hydrogens (primary N) is 2. The fourth-order valence-corrected chi connectivity index (χ4v) is 5.84. The summed E-state index contributed by atoms with van der Waals surface area (Å²) in [6, 6.07) is 0. The van der Waals surface area contributed by atoms with Crippen LogP contribution >= 0.6 is 27.7 Å². The van der Waals surface area contributed by atoms with Gasteiger partial charge in [-0.25, -0.2) is 9.59 Å². The van der Waals surface area contributed by atoms with Crippen molar-refractivity contribution in [3.63, 3.8) is 0 Å². The summed E-state index contributed by atoms with van der Waals surface area (Å²) in [7, 11) is -4.23. The van der Waals surface area contributed by atoms with E-state index in [0.29, 0.717) is 17.5 Å². The zero-order valence-electron chi connectivity index (χ0n) is 21.9. The highest BCUT2D eigenvalue weighted by molar-refractivity contribution is 8.39. The van der Waals surface area contributed by atoms with Crippen molar-refractivity contribution in [2.24, 2.45) is 0 Å². The normalized spacial score (nSPS) is 28.1. The molecule has 2 aromatic heterocycles. The number of hydrogen-bond acceptors (Lipinski definition) is 14. The molecule has 4 N–H and O–H groups in total. The van der Waals surface area contributed by atoms with Crippen molar-refractivity contribution in [2.75, 3.05) is 31.8 Å². The Hall–Kier alpha value is -2.07. The zero-order chi connectivity index (χ0) is 29.1. The number of thiol groups is 1. The monoisotopic (exact) mass is 622 g/mol. The number of aromatic nitrogens is 4. The molecule has 2 aliphatic heterocycles. The number of rotatable bonds is 11. The maximum absolute atomic E-state index is 12.8. The molecule has 0 spiro atoms. The van der Waals surface area contributed by atoms with Gasteiger partial charge in [0.15, 0.2) is 0 Å². The average Bonchev–Trinajstić information content (AvgIpc) is 3.49. The Balaban J connectivity index is 1.40. The summed E-state index contributed by atoms with van der Waals surface area (Å²) in [5, 5.41) is 0. The Bertz CT molecular complexity index is 1390. The molecule has 2 saturated heterocycles. The maximum atomic E-state index is 12.8. The average molecular weight is 623 g/mol. The lowest BCUT2D eigenvalue weighted by Crippen LogP contribution is -2.29. The summed E-state index contributed by atoms with van der Waals surface area (Å²) in [6.45, 7) is 3.06. The largest absolute Gasteiger partial charge is 0.383 e. The van der Waals surface area contributed by atoms with Gasteiger partial charge in [0.25, 0.3) is 0 Å². The topological polar surface area (TPSA) is 211 Å². The number of anilines is 2. The lowest BCUT2D eigenvalue weighted by molar-refractivity contribution is -0.0533. The molecule has 4 rings (SSSR count). The Kier molecular flexibility index (Phi) is 10.2. The number of nitrogen functional groups attached to an aromatic ring is 2. The Morgan fingerprint density at radius 1 is 0.925 bits per heavy atom. The highest BCUT2D eigenvalue weighted by Crippen LogP contribution is 2.40. The maximum Gasteiger partial charge on any atom is 0.351 e. The molecule has 0 aliphatic carbocycles. The minimum atomic E-state index is -3.12. The van der Waals surface area contributed by atoms with E-state index in [-0.39, 0.29) is 31.3 Å². The molecule has 0 radical (unpaired) electrons. The molecule has 8 atom stereocenters. The van der Waals surface area contributed by atoms with Crippen molar-refractivity contribution < 1.29 is 36.9 Å². The molecule has 6 unspecified atom stereocenters. The third kappa shape index (κ3) is 7.22. The van der Waals surface area contributed by atoms with Crippen LogP contribution in [0, 0.1) is 13.8 Å². The van der Waals surface area contributed by atoms with Crippen LogP contribution < -0.4 is 22.8 Å². The third-order valence-electron chi connectivity index (χ3n) is 6.62. The highest BCUT2D eigenvalue weighted by atomic mass is 32.7. The molecule has 0 amide bonds. The van der Waals surface area contributed by atoms with Gasteiger partial charge in [0.05, 0.1) is 25.4 Å². The standard InChI is InChI=1S/C21H32N6O10P2S/c1-10-6-26(20(28)24-18(10)22)16-4-12(32-3)14(35-16)8-33-38(30)37-13-5-17(36-15(13)9-34-39(31)40)27-7-11(2)19(23)25-21(27)29/h6-7,12-17,38-39H,4-5,8-9H2,1-3H3,(H,31,40)(H2,22,24,28)(H2,23,25,29)/t12-,13-,14?,15?,16?,17?/m0/s1. The summed E-state index contributed by atoms with van der Waals surface area (Å²) in [6.07, 6.45) is -0.852. The molecule has 40 heavy (non-hydrogen) atoms. The van der Waals surface area contributed by atoms with Gasteiger partial charge >= 0.3 is 19.6 Å². The molecular formula is C21H32N6O10P2S. The third-order valence-corrected chi connectivity index (χ3v) is 8.31. The van der Waals surface area contributed by atoms with Crippen molar-refractivity contribution in [2.45, 2.75) is 63.6 Å². The van der Waals surface area contributed by atoms with Gasteiger partial charge in [0.2, 0.25) is 7.23 Å². The van der Waals surface area contributed by atoms with Crippen LogP contribution in [0.4, 0.5) is 11.6 Å². The molecule has 16 nitrogen and oxygen atoms in total. The van der Waals surface area contributed by atoms with Crippen LogP contribution in [-0.2, 0) is 36.9 Å². The first-order valence-electron chi connectivity index (χ1n) is 12.2. The summed E-state index contributed by atoms with van der Waals surface area (Å²) in [5.41, 5.74) is 11.4. The number of hydrogen-bond donors (Lipinski definition) is 3. The second kappa shape index (κ2) is 13.3. The second-order valence-corrected chi connectivity index (χ2v) is 12.2. The molecule has 222 valence electrons. The molecular weight excluding hydrogens is 590 g/mol. The van der Waals surface area contributed by atoms with Crippen LogP contribution in [0.5, 0.6) is 0 Å². The molecule has 4 heterocycles. The van der Waals surface area contributed by atoms with E-state index in [2.05, 4.69) is 22.2 Å². The van der Waals surface area contributed by atoms with Gasteiger partial charge < -0.3 is 39.2 Å². The van der Waals surface area contributed by atoms with Crippen molar-refractivity contribution in [3.8, 4) is 0 Å². The van der Waals surface area contributed by atoms with E-state index in [4.69, 9.17) is 39.2 Å². The summed E-state index contributed by atoms with van der Waals surface area (Å²) in [4.78, 5) is 32.3. The quantitative estimate of drug-likeness (QED) is 0.236. The van der Waals surface area contributed by atoms with Crippen molar-refractivity contribution in [1.82, 2.24) is 19.1 Å². The zero-order valence-corrected chi connectivity index (χ0v) is 24.8. The van der Waals surface area contributed by atoms with E-state index in [1.165, 1.54) is 22.4 Å². The molecule has 2 aromatic rings. The van der Waals surface area contributed by atoms with Gasteiger partial charge in [-0.05, 0) is 13.8 Å². The van der Waals surface area contributed by atoms with Crippen molar-refractivity contribution in [1.29, 1.82) is 0 Å². The lowest BCUT2D eigenvalue weighted by atomic mass is 10.2. The predicted octanol–water partition coefficient (Wildman–Crippen LogP) is 0.999. The van der Waals surface area contributed by atoms with Crippen LogP contribution in [0.1, 0.15) is 36.4 Å². The molecule has 2 aliphatic rings. The van der Waals surface area contributed by atoms with E-state index < -0.39 is 63.7 Å². The second-order valence-electron chi connectivity index (χ2n) is 9.30. The first-order chi connectivity index (χ1) is 19.0. The fourth-order valence-electron chi connectivity index (χ4n) is 4.45. The van der Waals surface area contributed by atoms with E-state index in [1.807, 2.05) is 0 Å². The SMILES string of the molecule is CO[C@H]1CC(n2cc(C)c(N)nc2=O)OC1CO[PH](=O)O[C@H]1CC(n2cc(C)c(N)nc2=O)OC1CO[PH](=O)S. The van der Waals surface area contributed by atoms with Crippen molar-refractivity contribution in [3.05, 3.63) is 44.5 Å².